The first-order valence-electron chi connectivity index (χ1n) is 8.50. The van der Waals surface area contributed by atoms with E-state index in [9.17, 15) is 10.2 Å². The Labute approximate surface area is 151 Å². The van der Waals surface area contributed by atoms with E-state index in [1.54, 1.807) is 26.0 Å². The van der Waals surface area contributed by atoms with Gasteiger partial charge in [0.1, 0.15) is 30.2 Å². The van der Waals surface area contributed by atoms with Gasteiger partial charge in [-0.3, -0.25) is 0 Å². The molecule has 142 valence electrons. The van der Waals surface area contributed by atoms with Crippen molar-refractivity contribution >= 4 is 0 Å². The molecule has 2 saturated heterocycles. The number of ether oxygens (including phenoxy) is 4. The molecule has 9 heteroatoms. The quantitative estimate of drug-likeness (QED) is 0.447. The Hall–Kier alpha value is -1.87. The van der Waals surface area contributed by atoms with Gasteiger partial charge >= 0.3 is 0 Å². The lowest BCUT2D eigenvalue weighted by Gasteiger charge is -2.39. The third-order valence-electron chi connectivity index (χ3n) is 4.37. The summed E-state index contributed by atoms with van der Waals surface area (Å²) < 4.78 is 22.9. The molecule has 5 atom stereocenters. The van der Waals surface area contributed by atoms with Crippen LogP contribution in [0.5, 0.6) is 5.75 Å². The maximum Gasteiger partial charge on any atom is 0.229 e. The molecular weight excluding hydrogens is 342 g/mol. The normalized spacial score (nSPS) is 32.5. The minimum atomic E-state index is -1.06. The van der Waals surface area contributed by atoms with Gasteiger partial charge < -0.3 is 29.2 Å². The number of hydrogen-bond acceptors (Lipinski definition) is 7. The van der Waals surface area contributed by atoms with Crippen LogP contribution < -0.4 is 4.74 Å². The fourth-order valence-corrected chi connectivity index (χ4v) is 3.19. The minimum absolute atomic E-state index is 0.272. The number of azide groups is 1. The summed E-state index contributed by atoms with van der Waals surface area (Å²) in [6.07, 6.45) is -3.28. The van der Waals surface area contributed by atoms with Crippen molar-refractivity contribution in [3.8, 4) is 5.75 Å². The van der Waals surface area contributed by atoms with Gasteiger partial charge in [-0.1, -0.05) is 17.2 Å². The van der Waals surface area contributed by atoms with Crippen LogP contribution in [-0.4, -0.2) is 59.9 Å². The molecule has 0 spiro atoms. The number of benzene rings is 1. The highest BCUT2D eigenvalue weighted by molar-refractivity contribution is 5.27. The molecule has 2 heterocycles. The highest BCUT2D eigenvalue weighted by Crippen LogP contribution is 2.37. The summed E-state index contributed by atoms with van der Waals surface area (Å²) in [5, 5.41) is 23.6. The third kappa shape index (κ3) is 4.09. The van der Waals surface area contributed by atoms with Crippen molar-refractivity contribution < 1.29 is 29.2 Å². The number of hydrogen-bond donors (Lipinski definition) is 2. The van der Waals surface area contributed by atoms with Gasteiger partial charge in [-0.25, -0.2) is 0 Å². The van der Waals surface area contributed by atoms with Crippen LogP contribution in [0.2, 0.25) is 0 Å². The summed E-state index contributed by atoms with van der Waals surface area (Å²) in [4.78, 5) is 2.72. The molecule has 3 rings (SSSR count). The van der Waals surface area contributed by atoms with Crippen LogP contribution in [0.25, 0.3) is 10.4 Å². The maximum atomic E-state index is 10.6. The predicted octanol–water partition coefficient (Wildman–Crippen LogP) is 1.52. The van der Waals surface area contributed by atoms with Crippen LogP contribution >= 0.6 is 0 Å². The second-order valence-electron chi connectivity index (χ2n) is 6.75. The molecule has 0 saturated carbocycles. The van der Waals surface area contributed by atoms with Gasteiger partial charge in [0, 0.05) is 11.5 Å². The first-order chi connectivity index (χ1) is 12.4. The zero-order chi connectivity index (χ0) is 18.7. The van der Waals surface area contributed by atoms with Gasteiger partial charge in [-0.2, -0.15) is 0 Å². The molecule has 2 aliphatic heterocycles. The molecule has 0 aliphatic carbocycles. The smallest absolute Gasteiger partial charge is 0.229 e. The summed E-state index contributed by atoms with van der Waals surface area (Å²) in [5.41, 5.74) is 9.30. The second kappa shape index (κ2) is 7.79. The Kier molecular flexibility index (Phi) is 5.67. The average Bonchev–Trinajstić information content (AvgIpc) is 2.95. The summed E-state index contributed by atoms with van der Waals surface area (Å²) in [6.45, 7) is 3.61. The van der Waals surface area contributed by atoms with Crippen molar-refractivity contribution in [2.75, 3.05) is 13.2 Å². The van der Waals surface area contributed by atoms with E-state index in [1.165, 1.54) is 0 Å². The lowest BCUT2D eigenvalue weighted by Crippen LogP contribution is -2.58. The van der Waals surface area contributed by atoms with Crippen LogP contribution in [0.1, 0.15) is 19.4 Å². The molecular formula is C17H23N3O6. The van der Waals surface area contributed by atoms with Crippen molar-refractivity contribution in [1.82, 2.24) is 0 Å². The molecule has 1 aromatic carbocycles. The monoisotopic (exact) mass is 365 g/mol. The molecule has 2 N–H and O–H groups in total. The molecule has 2 unspecified atom stereocenters. The Balaban J connectivity index is 1.66. The minimum Gasteiger partial charge on any atom is -0.462 e. The molecule has 1 aromatic rings. The van der Waals surface area contributed by atoms with Crippen molar-refractivity contribution in [3.63, 3.8) is 0 Å². The molecule has 0 bridgehead atoms. The molecule has 2 fully saturated rings. The molecule has 0 radical (unpaired) electrons. The first kappa shape index (κ1) is 18.9. The van der Waals surface area contributed by atoms with Gasteiger partial charge in [0.05, 0.1) is 6.61 Å². The van der Waals surface area contributed by atoms with Gasteiger partial charge in [0.15, 0.2) is 5.79 Å². The zero-order valence-electron chi connectivity index (χ0n) is 14.7. The maximum absolute atomic E-state index is 10.6. The second-order valence-corrected chi connectivity index (χ2v) is 6.75. The van der Waals surface area contributed by atoms with Crippen molar-refractivity contribution in [3.05, 3.63) is 40.3 Å². The molecule has 0 aromatic heterocycles. The summed E-state index contributed by atoms with van der Waals surface area (Å²) in [5.74, 6) is -0.356. The van der Waals surface area contributed by atoms with E-state index in [0.29, 0.717) is 18.7 Å². The van der Waals surface area contributed by atoms with Crippen LogP contribution in [0.4, 0.5) is 0 Å². The predicted molar refractivity (Wildman–Crippen MR) is 90.4 cm³/mol. The first-order valence-corrected chi connectivity index (χ1v) is 8.50. The van der Waals surface area contributed by atoms with Gasteiger partial charge in [0.25, 0.3) is 0 Å². The number of aliphatic hydroxyl groups excluding tert-OH is 2. The summed E-state index contributed by atoms with van der Waals surface area (Å²) in [6, 6.07) is 7.19. The number of nitrogens with zero attached hydrogens (tertiary/aromatic N) is 3. The van der Waals surface area contributed by atoms with E-state index < -0.39 is 36.5 Å². The Bertz CT molecular complexity index is 661. The Morgan fingerprint density at radius 2 is 1.92 bits per heavy atom. The van der Waals surface area contributed by atoms with Crippen LogP contribution in [0.3, 0.4) is 0 Å². The lowest BCUT2D eigenvalue weighted by atomic mass is 9.99. The topological polar surface area (TPSA) is 126 Å². The molecule has 9 nitrogen and oxygen atoms in total. The Morgan fingerprint density at radius 3 is 2.58 bits per heavy atom. The largest absolute Gasteiger partial charge is 0.462 e. The molecule has 0 amide bonds. The van der Waals surface area contributed by atoms with E-state index >= 15 is 0 Å². The zero-order valence-corrected chi connectivity index (χ0v) is 14.7. The molecule has 2 aliphatic rings. The van der Waals surface area contributed by atoms with Crippen LogP contribution in [0.15, 0.2) is 29.4 Å². The van der Waals surface area contributed by atoms with Gasteiger partial charge in [-0.15, -0.1) is 0 Å². The van der Waals surface area contributed by atoms with Crippen LogP contribution in [-0.2, 0) is 20.6 Å². The van der Waals surface area contributed by atoms with E-state index in [-0.39, 0.29) is 6.61 Å². The van der Waals surface area contributed by atoms with Gasteiger partial charge in [0.2, 0.25) is 6.29 Å². The van der Waals surface area contributed by atoms with Crippen LogP contribution in [0, 0.1) is 0 Å². The number of rotatable bonds is 6. The van der Waals surface area contributed by atoms with Crippen molar-refractivity contribution in [2.24, 2.45) is 5.11 Å². The van der Waals surface area contributed by atoms with Gasteiger partial charge in [-0.05, 0) is 43.5 Å². The fourth-order valence-electron chi connectivity index (χ4n) is 3.19. The SMILES string of the molecule is CC1(C)O[C@@H]2C(O)[C@H](Oc3ccc(CCN=[N+]=[N-])cc3)OC(CO)[C@@H]2O1. The highest BCUT2D eigenvalue weighted by Gasteiger charge is 2.55. The standard InChI is InChI=1S/C17H23N3O6/c1-17(2)25-14-12(9-21)24-16(13(22)15(14)26-17)23-11-5-3-10(4-6-11)7-8-19-20-18/h3-6,12-16,21-22H,7-9H2,1-2H3/t12?,13?,14-,15+,16+/m0/s1. The fraction of sp³-hybridized carbons (Fsp3) is 0.647. The summed E-state index contributed by atoms with van der Waals surface area (Å²) in [7, 11) is 0. The van der Waals surface area contributed by atoms with E-state index in [4.69, 9.17) is 24.5 Å². The van der Waals surface area contributed by atoms with E-state index in [2.05, 4.69) is 10.0 Å². The lowest BCUT2D eigenvalue weighted by molar-refractivity contribution is -0.254. The third-order valence-corrected chi connectivity index (χ3v) is 4.37. The van der Waals surface area contributed by atoms with Crippen molar-refractivity contribution in [1.29, 1.82) is 0 Å². The number of aliphatic hydroxyl groups is 2. The van der Waals surface area contributed by atoms with Crippen molar-refractivity contribution in [2.45, 2.75) is 56.8 Å². The highest BCUT2D eigenvalue weighted by atomic mass is 16.8. The van der Waals surface area contributed by atoms with E-state index in [1.807, 2.05) is 12.1 Å². The van der Waals surface area contributed by atoms with E-state index in [0.717, 1.165) is 5.56 Å². The molecule has 26 heavy (non-hydrogen) atoms. The number of fused-ring (bicyclic) bond motifs is 1. The summed E-state index contributed by atoms with van der Waals surface area (Å²) >= 11 is 0. The average molecular weight is 365 g/mol. The Morgan fingerprint density at radius 1 is 1.23 bits per heavy atom.